The van der Waals surface area contributed by atoms with Gasteiger partial charge in [-0.2, -0.15) is 0 Å². The normalized spacial score (nSPS) is 14.6. The molecule has 3 aromatic carbocycles. The van der Waals surface area contributed by atoms with Crippen LogP contribution in [0.15, 0.2) is 89.3 Å². The number of furan rings is 1. The number of fused-ring (bicyclic) bond motifs is 1. The molecule has 2 amide bonds. The van der Waals surface area contributed by atoms with E-state index in [2.05, 4.69) is 0 Å². The van der Waals surface area contributed by atoms with Crippen molar-refractivity contribution in [2.24, 2.45) is 5.92 Å². The molecule has 1 aliphatic heterocycles. The van der Waals surface area contributed by atoms with Crippen LogP contribution < -0.4 is 4.74 Å². The molecule has 4 aromatic rings. The van der Waals surface area contributed by atoms with Gasteiger partial charge in [-0.25, -0.2) is 4.39 Å². The molecule has 0 fully saturated rings. The quantitative estimate of drug-likeness (QED) is 0.260. The molecule has 0 unspecified atom stereocenters. The van der Waals surface area contributed by atoms with Crippen molar-refractivity contribution in [1.82, 2.24) is 9.80 Å². The van der Waals surface area contributed by atoms with Crippen LogP contribution in [0.25, 0.3) is 0 Å². The molecule has 1 aliphatic rings. The van der Waals surface area contributed by atoms with E-state index in [0.717, 1.165) is 28.7 Å². The maximum atomic E-state index is 13.7. The van der Waals surface area contributed by atoms with Crippen molar-refractivity contribution in [3.8, 4) is 5.75 Å². The predicted octanol–water partition coefficient (Wildman–Crippen LogP) is 6.40. The van der Waals surface area contributed by atoms with Crippen LogP contribution in [0, 0.1) is 11.7 Å². The van der Waals surface area contributed by atoms with Crippen molar-refractivity contribution in [3.63, 3.8) is 0 Å². The molecule has 0 radical (unpaired) electrons. The van der Waals surface area contributed by atoms with Crippen LogP contribution in [0.3, 0.4) is 0 Å². The largest absolute Gasteiger partial charge is 0.486 e. The number of nitrogens with zero attached hydrogens (tertiary/aromatic N) is 2. The molecule has 0 spiro atoms. The molecule has 6 nitrogen and oxygen atoms in total. The second kappa shape index (κ2) is 11.8. The lowest BCUT2D eigenvalue weighted by atomic mass is 9.87. The fourth-order valence-corrected chi connectivity index (χ4v) is 5.10. The van der Waals surface area contributed by atoms with Crippen LogP contribution in [0.5, 0.6) is 5.75 Å². The van der Waals surface area contributed by atoms with E-state index in [1.54, 1.807) is 36.2 Å². The van der Waals surface area contributed by atoms with E-state index >= 15 is 0 Å². The summed E-state index contributed by atoms with van der Waals surface area (Å²) in [7, 11) is 1.74. The van der Waals surface area contributed by atoms with Crippen LogP contribution in [0.2, 0.25) is 0 Å². The summed E-state index contributed by atoms with van der Waals surface area (Å²) in [5.41, 5.74) is 3.97. The highest BCUT2D eigenvalue weighted by atomic mass is 19.1. The van der Waals surface area contributed by atoms with E-state index in [9.17, 15) is 14.0 Å². The number of amides is 2. The van der Waals surface area contributed by atoms with Gasteiger partial charge in [0.25, 0.3) is 5.91 Å². The minimum absolute atomic E-state index is 0.0521. The second-order valence-corrected chi connectivity index (χ2v) is 10.5. The SMILES string of the molecule is CC(C)C(=O)N1CCc2ccc(OCc3ccc(C(=O)N(C)Cc4ccccc4)o3)cc2[C@@H]1c1ccc(F)cc1. The Morgan fingerprint density at radius 3 is 2.50 bits per heavy atom. The summed E-state index contributed by atoms with van der Waals surface area (Å²) in [6.07, 6.45) is 0.728. The van der Waals surface area contributed by atoms with E-state index < -0.39 is 0 Å². The topological polar surface area (TPSA) is 63.0 Å². The molecule has 0 saturated carbocycles. The number of carbonyl (C=O) groups excluding carboxylic acids is 2. The average molecular weight is 541 g/mol. The van der Waals surface area contributed by atoms with Gasteiger partial charge in [0, 0.05) is 26.1 Å². The molecule has 0 aliphatic carbocycles. The molecular weight excluding hydrogens is 507 g/mol. The van der Waals surface area contributed by atoms with Gasteiger partial charge in [-0.1, -0.05) is 62.4 Å². The first-order chi connectivity index (χ1) is 19.3. The molecule has 0 saturated heterocycles. The minimum Gasteiger partial charge on any atom is -0.486 e. The van der Waals surface area contributed by atoms with Gasteiger partial charge in [-0.05, 0) is 65.1 Å². The average Bonchev–Trinajstić information content (AvgIpc) is 3.44. The van der Waals surface area contributed by atoms with Gasteiger partial charge in [0.2, 0.25) is 5.91 Å². The summed E-state index contributed by atoms with van der Waals surface area (Å²) in [4.78, 5) is 29.5. The summed E-state index contributed by atoms with van der Waals surface area (Å²) >= 11 is 0. The van der Waals surface area contributed by atoms with Crippen molar-refractivity contribution in [2.75, 3.05) is 13.6 Å². The van der Waals surface area contributed by atoms with Gasteiger partial charge >= 0.3 is 0 Å². The van der Waals surface area contributed by atoms with Crippen molar-refractivity contribution in [1.29, 1.82) is 0 Å². The highest BCUT2D eigenvalue weighted by Crippen LogP contribution is 2.38. The smallest absolute Gasteiger partial charge is 0.289 e. The van der Waals surface area contributed by atoms with Crippen LogP contribution in [-0.4, -0.2) is 35.2 Å². The molecule has 0 bridgehead atoms. The van der Waals surface area contributed by atoms with Crippen molar-refractivity contribution in [2.45, 2.75) is 39.5 Å². The highest BCUT2D eigenvalue weighted by Gasteiger charge is 2.33. The Hall–Kier alpha value is -4.39. The summed E-state index contributed by atoms with van der Waals surface area (Å²) in [5.74, 6) is 0.766. The summed E-state index contributed by atoms with van der Waals surface area (Å²) in [6, 6.07) is 25.0. The van der Waals surface area contributed by atoms with E-state index in [1.807, 2.05) is 67.3 Å². The first-order valence-electron chi connectivity index (χ1n) is 13.5. The predicted molar refractivity (Wildman–Crippen MR) is 150 cm³/mol. The molecule has 40 heavy (non-hydrogen) atoms. The second-order valence-electron chi connectivity index (χ2n) is 10.5. The third kappa shape index (κ3) is 5.93. The number of halogens is 1. The monoisotopic (exact) mass is 540 g/mol. The van der Waals surface area contributed by atoms with Gasteiger partial charge in [0.15, 0.2) is 5.76 Å². The number of rotatable bonds is 8. The first kappa shape index (κ1) is 27.2. The van der Waals surface area contributed by atoms with Gasteiger partial charge in [0.05, 0.1) is 6.04 Å². The molecule has 1 aromatic heterocycles. The third-order valence-corrected chi connectivity index (χ3v) is 7.17. The zero-order chi connectivity index (χ0) is 28.2. The van der Waals surface area contributed by atoms with Crippen LogP contribution in [0.4, 0.5) is 4.39 Å². The highest BCUT2D eigenvalue weighted by molar-refractivity contribution is 5.91. The maximum absolute atomic E-state index is 13.7. The summed E-state index contributed by atoms with van der Waals surface area (Å²) < 4.78 is 25.6. The molecule has 1 atom stereocenters. The molecule has 0 N–H and O–H groups in total. The summed E-state index contributed by atoms with van der Waals surface area (Å²) in [5, 5.41) is 0. The molecular formula is C33H33FN2O4. The standard InChI is InChI=1S/C33H33FN2O4/c1-22(2)32(37)36-18-17-24-11-14-27(19-29(24)31(36)25-9-12-26(34)13-10-25)39-21-28-15-16-30(40-28)33(38)35(3)20-23-7-5-4-6-8-23/h4-16,19,22,31H,17-18,20-21H2,1-3H3/t31-/m0/s1. The molecule has 2 heterocycles. The van der Waals surface area contributed by atoms with Gasteiger partial charge in [-0.15, -0.1) is 0 Å². The lowest BCUT2D eigenvalue weighted by molar-refractivity contribution is -0.136. The molecule has 5 rings (SSSR count). The van der Waals surface area contributed by atoms with E-state index in [-0.39, 0.29) is 42.0 Å². The number of carbonyl (C=O) groups is 2. The zero-order valence-corrected chi connectivity index (χ0v) is 23.0. The van der Waals surface area contributed by atoms with Gasteiger partial charge in [-0.3, -0.25) is 9.59 Å². The number of hydrogen-bond donors (Lipinski definition) is 0. The zero-order valence-electron chi connectivity index (χ0n) is 23.0. The van der Waals surface area contributed by atoms with Crippen molar-refractivity contribution in [3.05, 3.63) is 125 Å². The van der Waals surface area contributed by atoms with Crippen molar-refractivity contribution < 1.29 is 23.1 Å². The summed E-state index contributed by atoms with van der Waals surface area (Å²) in [6.45, 7) is 4.99. The minimum atomic E-state index is -0.337. The maximum Gasteiger partial charge on any atom is 0.289 e. The van der Waals surface area contributed by atoms with Gasteiger partial charge in [0.1, 0.15) is 23.9 Å². The third-order valence-electron chi connectivity index (χ3n) is 7.17. The Kier molecular flexibility index (Phi) is 8.01. The first-order valence-corrected chi connectivity index (χ1v) is 13.5. The van der Waals surface area contributed by atoms with Crippen LogP contribution in [-0.2, 0) is 24.4 Å². The Morgan fingerprint density at radius 1 is 1.02 bits per heavy atom. The molecule has 7 heteroatoms. The fourth-order valence-electron chi connectivity index (χ4n) is 5.10. The number of ether oxygens (including phenoxy) is 1. The van der Waals surface area contributed by atoms with Crippen molar-refractivity contribution >= 4 is 11.8 Å². The Bertz CT molecular complexity index is 1480. The van der Waals surface area contributed by atoms with E-state index in [0.29, 0.717) is 24.6 Å². The van der Waals surface area contributed by atoms with E-state index in [1.165, 1.54) is 12.1 Å². The Labute approximate surface area is 234 Å². The number of benzene rings is 3. The van der Waals surface area contributed by atoms with Crippen LogP contribution >= 0.6 is 0 Å². The van der Waals surface area contributed by atoms with E-state index in [4.69, 9.17) is 9.15 Å². The fraction of sp³-hybridized carbons (Fsp3) is 0.273. The Balaban J connectivity index is 1.32. The van der Waals surface area contributed by atoms with Crippen LogP contribution in [0.1, 0.15) is 58.5 Å². The Morgan fingerprint density at radius 2 is 1.77 bits per heavy atom. The number of hydrogen-bond acceptors (Lipinski definition) is 4. The molecule has 206 valence electrons. The lowest BCUT2D eigenvalue weighted by Gasteiger charge is -2.39. The van der Waals surface area contributed by atoms with Gasteiger partial charge < -0.3 is 19.0 Å². The lowest BCUT2D eigenvalue weighted by Crippen LogP contribution is -2.42.